The van der Waals surface area contributed by atoms with E-state index in [1.54, 1.807) is 26.0 Å². The van der Waals surface area contributed by atoms with E-state index in [1.807, 2.05) is 19.1 Å². The van der Waals surface area contributed by atoms with Gasteiger partial charge in [0, 0.05) is 11.5 Å². The Morgan fingerprint density at radius 2 is 1.59 bits per heavy atom. The summed E-state index contributed by atoms with van der Waals surface area (Å²) in [6.07, 6.45) is -4.45. The van der Waals surface area contributed by atoms with Gasteiger partial charge in [-0.25, -0.2) is 0 Å². The van der Waals surface area contributed by atoms with Crippen molar-refractivity contribution >= 4 is 5.57 Å². The maximum absolute atomic E-state index is 12.1. The monoisotopic (exact) mass is 238 g/mol. The average molecular weight is 238 g/mol. The van der Waals surface area contributed by atoms with Gasteiger partial charge in [-0.05, 0) is 26.3 Å². The highest BCUT2D eigenvalue weighted by atomic mass is 19.4. The van der Waals surface area contributed by atoms with Crippen LogP contribution in [-0.2, 0) is 0 Å². The van der Waals surface area contributed by atoms with Gasteiger partial charge in [0.2, 0.25) is 0 Å². The summed E-state index contributed by atoms with van der Waals surface area (Å²) in [4.78, 5) is 0. The van der Waals surface area contributed by atoms with Crippen LogP contribution in [0.15, 0.2) is 29.8 Å². The normalized spacial score (nSPS) is 10.5. The molecule has 0 aliphatic heterocycles. The molecule has 0 aliphatic rings. The van der Waals surface area contributed by atoms with Crippen LogP contribution in [0, 0.1) is 18.8 Å². The molecule has 0 fully saturated rings. The lowest BCUT2D eigenvalue weighted by Gasteiger charge is -2.04. The Morgan fingerprint density at radius 1 is 1.06 bits per heavy atom. The topological polar surface area (TPSA) is 0 Å². The molecule has 0 unspecified atom stereocenters. The molecule has 0 N–H and O–H groups in total. The SMILES string of the molecule is CC(C)=C(C#CC(F)(F)F)c1ccc(C)cc1. The van der Waals surface area contributed by atoms with E-state index in [0.717, 1.165) is 11.1 Å². The van der Waals surface area contributed by atoms with E-state index in [2.05, 4.69) is 5.92 Å². The predicted molar refractivity (Wildman–Crippen MR) is 63.3 cm³/mol. The molecule has 1 aromatic rings. The summed E-state index contributed by atoms with van der Waals surface area (Å²) in [5.41, 5.74) is 2.98. The van der Waals surface area contributed by atoms with Gasteiger partial charge in [0.05, 0.1) is 0 Å². The first-order chi connectivity index (χ1) is 7.79. The highest BCUT2D eigenvalue weighted by molar-refractivity contribution is 5.81. The van der Waals surface area contributed by atoms with Gasteiger partial charge in [0.15, 0.2) is 0 Å². The number of alkyl halides is 3. The fraction of sp³-hybridized carbons (Fsp3) is 0.286. The van der Waals surface area contributed by atoms with Gasteiger partial charge in [-0.1, -0.05) is 41.3 Å². The molecule has 90 valence electrons. The van der Waals surface area contributed by atoms with Crippen LogP contribution in [0.2, 0.25) is 0 Å². The Bertz CT molecular complexity index is 475. The summed E-state index contributed by atoms with van der Waals surface area (Å²) in [7, 11) is 0. The molecular weight excluding hydrogens is 225 g/mol. The van der Waals surface area contributed by atoms with E-state index in [0.29, 0.717) is 11.1 Å². The third-order valence-electron chi connectivity index (χ3n) is 2.17. The number of hydrogen-bond acceptors (Lipinski definition) is 0. The second kappa shape index (κ2) is 5.09. The number of halogens is 3. The Labute approximate surface area is 99.2 Å². The van der Waals surface area contributed by atoms with Gasteiger partial charge in [0.1, 0.15) is 0 Å². The fourth-order valence-electron chi connectivity index (χ4n) is 1.34. The van der Waals surface area contributed by atoms with Crippen molar-refractivity contribution in [3.8, 4) is 11.8 Å². The summed E-state index contributed by atoms with van der Waals surface area (Å²) in [6, 6.07) is 7.27. The van der Waals surface area contributed by atoms with Gasteiger partial charge in [-0.15, -0.1) is 0 Å². The van der Waals surface area contributed by atoms with Crippen molar-refractivity contribution in [1.82, 2.24) is 0 Å². The molecule has 17 heavy (non-hydrogen) atoms. The molecule has 1 rings (SSSR count). The minimum atomic E-state index is -4.45. The van der Waals surface area contributed by atoms with Gasteiger partial charge < -0.3 is 0 Å². The first-order valence-corrected chi connectivity index (χ1v) is 5.14. The molecular formula is C14H13F3. The zero-order chi connectivity index (χ0) is 13.1. The van der Waals surface area contributed by atoms with Crippen molar-refractivity contribution in [1.29, 1.82) is 0 Å². The third kappa shape index (κ3) is 4.36. The standard InChI is InChI=1S/C14H13F3/c1-10(2)13(8-9-14(15,16)17)12-6-4-11(3)5-7-12/h4-7H,1-3H3. The summed E-state index contributed by atoms with van der Waals surface area (Å²) in [5, 5.41) is 0. The van der Waals surface area contributed by atoms with Crippen molar-refractivity contribution in [2.45, 2.75) is 26.9 Å². The van der Waals surface area contributed by atoms with Gasteiger partial charge in [-0.3, -0.25) is 0 Å². The summed E-state index contributed by atoms with van der Waals surface area (Å²) >= 11 is 0. The number of allylic oxidation sites excluding steroid dienone is 2. The first kappa shape index (κ1) is 13.4. The molecule has 0 saturated carbocycles. The molecule has 0 amide bonds. The molecule has 0 bridgehead atoms. The second-order valence-corrected chi connectivity index (χ2v) is 3.99. The maximum Gasteiger partial charge on any atom is 0.458 e. The van der Waals surface area contributed by atoms with Crippen molar-refractivity contribution < 1.29 is 13.2 Å². The van der Waals surface area contributed by atoms with Crippen LogP contribution in [0.3, 0.4) is 0 Å². The Morgan fingerprint density at radius 3 is 2.00 bits per heavy atom. The zero-order valence-corrected chi connectivity index (χ0v) is 9.94. The van der Waals surface area contributed by atoms with Crippen LogP contribution in [0.5, 0.6) is 0 Å². The number of benzene rings is 1. The minimum Gasteiger partial charge on any atom is -0.159 e. The van der Waals surface area contributed by atoms with E-state index >= 15 is 0 Å². The highest BCUT2D eigenvalue weighted by Crippen LogP contribution is 2.20. The van der Waals surface area contributed by atoms with Gasteiger partial charge >= 0.3 is 6.18 Å². The Kier molecular flexibility index (Phi) is 4.01. The average Bonchev–Trinajstić information content (AvgIpc) is 2.18. The third-order valence-corrected chi connectivity index (χ3v) is 2.17. The molecule has 0 aromatic heterocycles. The number of aryl methyl sites for hydroxylation is 1. The molecule has 0 saturated heterocycles. The van der Waals surface area contributed by atoms with Crippen molar-refractivity contribution in [3.05, 3.63) is 41.0 Å². The molecule has 0 radical (unpaired) electrons. The van der Waals surface area contributed by atoms with Crippen molar-refractivity contribution in [3.63, 3.8) is 0 Å². The zero-order valence-electron chi connectivity index (χ0n) is 9.94. The lowest BCUT2D eigenvalue weighted by atomic mass is 10.0. The molecule has 3 heteroatoms. The minimum absolute atomic E-state index is 0.433. The highest BCUT2D eigenvalue weighted by Gasteiger charge is 2.23. The van der Waals surface area contributed by atoms with Gasteiger partial charge in [-0.2, -0.15) is 13.2 Å². The number of rotatable bonds is 1. The predicted octanol–water partition coefficient (Wildman–Crippen LogP) is 4.35. The molecule has 0 spiro atoms. The van der Waals surface area contributed by atoms with E-state index in [9.17, 15) is 13.2 Å². The van der Waals surface area contributed by atoms with Crippen LogP contribution in [-0.4, -0.2) is 6.18 Å². The summed E-state index contributed by atoms with van der Waals surface area (Å²) < 4.78 is 36.2. The van der Waals surface area contributed by atoms with Crippen LogP contribution in [0.25, 0.3) is 5.57 Å². The molecule has 1 aromatic carbocycles. The molecule has 0 aliphatic carbocycles. The van der Waals surface area contributed by atoms with Crippen molar-refractivity contribution in [2.24, 2.45) is 0 Å². The van der Waals surface area contributed by atoms with Crippen LogP contribution < -0.4 is 0 Å². The van der Waals surface area contributed by atoms with E-state index in [-0.39, 0.29) is 0 Å². The van der Waals surface area contributed by atoms with Gasteiger partial charge in [0.25, 0.3) is 0 Å². The maximum atomic E-state index is 12.1. The lowest BCUT2D eigenvalue weighted by Crippen LogP contribution is -2.01. The quantitative estimate of drug-likeness (QED) is 0.638. The Balaban J connectivity index is 3.16. The Hall–Kier alpha value is -1.69. The van der Waals surface area contributed by atoms with Crippen LogP contribution >= 0.6 is 0 Å². The lowest BCUT2D eigenvalue weighted by molar-refractivity contribution is -0.0696. The van der Waals surface area contributed by atoms with Crippen LogP contribution in [0.1, 0.15) is 25.0 Å². The number of hydrogen-bond donors (Lipinski definition) is 0. The molecule has 0 nitrogen and oxygen atoms in total. The first-order valence-electron chi connectivity index (χ1n) is 5.14. The smallest absolute Gasteiger partial charge is 0.159 e. The molecule has 0 heterocycles. The van der Waals surface area contributed by atoms with E-state index in [4.69, 9.17) is 0 Å². The van der Waals surface area contributed by atoms with Crippen molar-refractivity contribution in [2.75, 3.05) is 0 Å². The fourth-order valence-corrected chi connectivity index (χ4v) is 1.34. The second-order valence-electron chi connectivity index (χ2n) is 3.99. The summed E-state index contributed by atoms with van der Waals surface area (Å²) in [5.74, 6) is 3.51. The van der Waals surface area contributed by atoms with E-state index < -0.39 is 6.18 Å². The van der Waals surface area contributed by atoms with E-state index in [1.165, 1.54) is 5.92 Å². The largest absolute Gasteiger partial charge is 0.458 e. The summed E-state index contributed by atoms with van der Waals surface area (Å²) in [6.45, 7) is 5.42. The van der Waals surface area contributed by atoms with Crippen LogP contribution in [0.4, 0.5) is 13.2 Å². The molecule has 0 atom stereocenters.